The first-order valence-electron chi connectivity index (χ1n) is 23.5. The monoisotopic (exact) mass is 751 g/mol. The van der Waals surface area contributed by atoms with Crippen molar-refractivity contribution in [3.63, 3.8) is 0 Å². The summed E-state index contributed by atoms with van der Waals surface area (Å²) in [5.41, 5.74) is 0. The Balaban J connectivity index is 4.14. The topological polar surface area (TPSA) is 78.9 Å². The van der Waals surface area contributed by atoms with Crippen LogP contribution in [0.1, 0.15) is 265 Å². The smallest absolute Gasteiger partial charge is 0.306 e. The number of rotatable bonds is 43. The third-order valence-electron chi connectivity index (χ3n) is 10.6. The molecule has 1 atom stereocenters. The molecule has 6 nitrogen and oxygen atoms in total. The number of esters is 3. The van der Waals surface area contributed by atoms with E-state index in [1.807, 2.05) is 0 Å². The van der Waals surface area contributed by atoms with Gasteiger partial charge in [-0.15, -0.1) is 0 Å². The highest BCUT2D eigenvalue weighted by Crippen LogP contribution is 2.16. The number of hydrogen-bond acceptors (Lipinski definition) is 6. The van der Waals surface area contributed by atoms with Crippen LogP contribution in [-0.4, -0.2) is 37.2 Å². The third kappa shape index (κ3) is 41.4. The van der Waals surface area contributed by atoms with Crippen molar-refractivity contribution in [1.29, 1.82) is 0 Å². The Labute approximate surface area is 329 Å². The van der Waals surface area contributed by atoms with E-state index in [9.17, 15) is 14.4 Å². The first-order valence-corrected chi connectivity index (χ1v) is 23.5. The molecule has 0 aliphatic rings. The predicted molar refractivity (Wildman–Crippen MR) is 224 cm³/mol. The van der Waals surface area contributed by atoms with Crippen LogP contribution in [-0.2, 0) is 28.6 Å². The zero-order valence-corrected chi connectivity index (χ0v) is 35.8. The van der Waals surface area contributed by atoms with Gasteiger partial charge in [-0.05, 0) is 19.3 Å². The van der Waals surface area contributed by atoms with E-state index >= 15 is 0 Å². The van der Waals surface area contributed by atoms with Gasteiger partial charge in [0.1, 0.15) is 13.2 Å². The lowest BCUT2D eigenvalue weighted by Gasteiger charge is -2.18. The van der Waals surface area contributed by atoms with E-state index in [2.05, 4.69) is 20.8 Å². The lowest BCUT2D eigenvalue weighted by molar-refractivity contribution is -0.167. The van der Waals surface area contributed by atoms with Crippen LogP contribution < -0.4 is 0 Å². The SMILES string of the molecule is CCCCCCCCCCCCCCCCCCCCC(=O)OC[C@@H](COC(=O)CCCCCCCCCCCC)OC(=O)CCCCCCCCC. The first-order chi connectivity index (χ1) is 26.0. The van der Waals surface area contributed by atoms with E-state index in [0.717, 1.165) is 57.8 Å². The average molecular weight is 751 g/mol. The molecular formula is C47H90O6. The van der Waals surface area contributed by atoms with Crippen LogP contribution in [0.5, 0.6) is 0 Å². The van der Waals surface area contributed by atoms with E-state index in [-0.39, 0.29) is 31.1 Å². The number of carbonyl (C=O) groups excluding carboxylic acids is 3. The number of unbranched alkanes of at least 4 members (excludes halogenated alkanes) is 32. The van der Waals surface area contributed by atoms with Gasteiger partial charge in [0.2, 0.25) is 0 Å². The molecule has 0 heterocycles. The maximum absolute atomic E-state index is 12.6. The van der Waals surface area contributed by atoms with Crippen LogP contribution in [0, 0.1) is 0 Å². The lowest BCUT2D eigenvalue weighted by atomic mass is 10.0. The van der Waals surface area contributed by atoms with Gasteiger partial charge >= 0.3 is 17.9 Å². The molecule has 0 aliphatic carbocycles. The fourth-order valence-corrected chi connectivity index (χ4v) is 7.03. The zero-order valence-electron chi connectivity index (χ0n) is 35.8. The van der Waals surface area contributed by atoms with Gasteiger partial charge in [0.25, 0.3) is 0 Å². The normalized spacial score (nSPS) is 11.8. The number of ether oxygens (including phenoxy) is 3. The van der Waals surface area contributed by atoms with E-state index in [1.54, 1.807) is 0 Å². The minimum atomic E-state index is -0.756. The Hall–Kier alpha value is -1.59. The summed E-state index contributed by atoms with van der Waals surface area (Å²) in [5, 5.41) is 0. The summed E-state index contributed by atoms with van der Waals surface area (Å²) in [4.78, 5) is 37.6. The average Bonchev–Trinajstić information content (AvgIpc) is 3.15. The molecule has 0 amide bonds. The summed E-state index contributed by atoms with van der Waals surface area (Å²) in [7, 11) is 0. The maximum Gasteiger partial charge on any atom is 0.306 e. The Kier molecular flexibility index (Phi) is 41.8. The molecule has 0 aliphatic heterocycles. The molecule has 0 aromatic carbocycles. The van der Waals surface area contributed by atoms with Crippen molar-refractivity contribution < 1.29 is 28.6 Å². The van der Waals surface area contributed by atoms with Crippen LogP contribution in [0.2, 0.25) is 0 Å². The molecule has 53 heavy (non-hydrogen) atoms. The summed E-state index contributed by atoms with van der Waals surface area (Å²) in [6.07, 6.45) is 43.9. The summed E-state index contributed by atoms with van der Waals surface area (Å²) in [6.45, 7) is 6.61. The fraction of sp³-hybridized carbons (Fsp3) is 0.936. The van der Waals surface area contributed by atoms with E-state index in [1.165, 1.54) is 167 Å². The number of carbonyl (C=O) groups is 3. The van der Waals surface area contributed by atoms with Gasteiger partial charge in [0, 0.05) is 19.3 Å². The quantitative estimate of drug-likeness (QED) is 0.0351. The van der Waals surface area contributed by atoms with Crippen molar-refractivity contribution in [3.8, 4) is 0 Å². The van der Waals surface area contributed by atoms with Crippen molar-refractivity contribution in [2.45, 2.75) is 271 Å². The second kappa shape index (κ2) is 43.1. The second-order valence-electron chi connectivity index (χ2n) is 16.0. The first kappa shape index (κ1) is 51.4. The molecule has 0 rings (SSSR count). The Morgan fingerprint density at radius 1 is 0.302 bits per heavy atom. The summed E-state index contributed by atoms with van der Waals surface area (Å²) in [5.74, 6) is -0.858. The Bertz CT molecular complexity index is 783. The van der Waals surface area contributed by atoms with Gasteiger partial charge in [-0.3, -0.25) is 14.4 Å². The molecule has 0 spiro atoms. The minimum Gasteiger partial charge on any atom is -0.462 e. The lowest BCUT2D eigenvalue weighted by Crippen LogP contribution is -2.30. The molecule has 6 heteroatoms. The zero-order chi connectivity index (χ0) is 38.7. The largest absolute Gasteiger partial charge is 0.462 e. The highest BCUT2D eigenvalue weighted by atomic mass is 16.6. The van der Waals surface area contributed by atoms with E-state index in [0.29, 0.717) is 19.3 Å². The fourth-order valence-electron chi connectivity index (χ4n) is 7.03. The van der Waals surface area contributed by atoms with Gasteiger partial charge in [0.15, 0.2) is 6.10 Å². The van der Waals surface area contributed by atoms with Crippen molar-refractivity contribution in [2.75, 3.05) is 13.2 Å². The van der Waals surface area contributed by atoms with Gasteiger partial charge in [-0.2, -0.15) is 0 Å². The Morgan fingerprint density at radius 2 is 0.509 bits per heavy atom. The van der Waals surface area contributed by atoms with Crippen LogP contribution >= 0.6 is 0 Å². The number of hydrogen-bond donors (Lipinski definition) is 0. The molecule has 0 aromatic heterocycles. The Morgan fingerprint density at radius 3 is 0.755 bits per heavy atom. The van der Waals surface area contributed by atoms with E-state index in [4.69, 9.17) is 14.2 Å². The van der Waals surface area contributed by atoms with Crippen molar-refractivity contribution in [1.82, 2.24) is 0 Å². The van der Waals surface area contributed by atoms with Gasteiger partial charge in [-0.25, -0.2) is 0 Å². The molecule has 0 fully saturated rings. The highest BCUT2D eigenvalue weighted by Gasteiger charge is 2.19. The molecule has 0 unspecified atom stereocenters. The molecular weight excluding hydrogens is 661 g/mol. The van der Waals surface area contributed by atoms with Gasteiger partial charge < -0.3 is 14.2 Å². The molecule has 0 saturated heterocycles. The molecule has 314 valence electrons. The minimum absolute atomic E-state index is 0.0633. The summed E-state index contributed by atoms with van der Waals surface area (Å²) >= 11 is 0. The second-order valence-corrected chi connectivity index (χ2v) is 16.0. The maximum atomic E-state index is 12.6. The molecule has 0 aromatic rings. The predicted octanol–water partition coefficient (Wildman–Crippen LogP) is 14.9. The van der Waals surface area contributed by atoms with Crippen LogP contribution in [0.25, 0.3) is 0 Å². The summed E-state index contributed by atoms with van der Waals surface area (Å²) < 4.78 is 16.7. The standard InChI is InChI=1S/C47H90O6/c1-4-7-10-13-16-18-20-21-22-23-24-25-26-27-29-32-34-37-40-46(49)52-43-44(53-47(50)41-38-35-30-15-12-9-6-3)42-51-45(48)39-36-33-31-28-19-17-14-11-8-5-2/h44H,4-43H2,1-3H3/t44-/m1/s1. The molecule has 0 saturated carbocycles. The molecule has 0 radical (unpaired) electrons. The van der Waals surface area contributed by atoms with Gasteiger partial charge in [-0.1, -0.05) is 226 Å². The molecule has 0 N–H and O–H groups in total. The van der Waals surface area contributed by atoms with Gasteiger partial charge in [0.05, 0.1) is 0 Å². The van der Waals surface area contributed by atoms with Crippen LogP contribution in [0.4, 0.5) is 0 Å². The van der Waals surface area contributed by atoms with Crippen LogP contribution in [0.15, 0.2) is 0 Å². The highest BCUT2D eigenvalue weighted by molar-refractivity contribution is 5.71. The molecule has 0 bridgehead atoms. The van der Waals surface area contributed by atoms with Crippen molar-refractivity contribution in [2.24, 2.45) is 0 Å². The van der Waals surface area contributed by atoms with Crippen molar-refractivity contribution in [3.05, 3.63) is 0 Å². The van der Waals surface area contributed by atoms with Crippen molar-refractivity contribution >= 4 is 17.9 Å². The van der Waals surface area contributed by atoms with E-state index < -0.39 is 6.10 Å². The third-order valence-corrected chi connectivity index (χ3v) is 10.6. The van der Waals surface area contributed by atoms with Crippen LogP contribution in [0.3, 0.4) is 0 Å². The summed E-state index contributed by atoms with van der Waals surface area (Å²) in [6, 6.07) is 0.